The number of aryl methyl sites for hydroxylation is 2. The highest BCUT2D eigenvalue weighted by molar-refractivity contribution is 6.30. The molecule has 0 aliphatic heterocycles. The van der Waals surface area contributed by atoms with Crippen molar-refractivity contribution < 1.29 is 4.52 Å². The summed E-state index contributed by atoms with van der Waals surface area (Å²) in [5, 5.41) is 8.90. The minimum Gasteiger partial charge on any atom is -0.339 e. The van der Waals surface area contributed by atoms with Crippen molar-refractivity contribution in [2.45, 2.75) is 26.7 Å². The van der Waals surface area contributed by atoms with Crippen LogP contribution in [0.4, 0.5) is 11.5 Å². The number of nitrogens with one attached hydrogen (secondary N) is 1. The minimum absolute atomic E-state index is 0.523. The van der Waals surface area contributed by atoms with Crippen LogP contribution in [0.3, 0.4) is 0 Å². The number of rotatable bonds is 4. The van der Waals surface area contributed by atoms with Crippen LogP contribution < -0.4 is 5.32 Å². The van der Waals surface area contributed by atoms with Gasteiger partial charge in [0, 0.05) is 17.1 Å². The van der Waals surface area contributed by atoms with Crippen molar-refractivity contribution in [3.63, 3.8) is 0 Å². The van der Waals surface area contributed by atoms with E-state index < -0.39 is 0 Å². The molecule has 0 spiro atoms. The van der Waals surface area contributed by atoms with Gasteiger partial charge in [0.25, 0.3) is 5.71 Å². The number of hydrogen-bond donors (Lipinski definition) is 1. The van der Waals surface area contributed by atoms with Crippen LogP contribution >= 0.6 is 11.6 Å². The molecule has 1 N–H and O–H groups in total. The molecule has 3 rings (SSSR count). The molecule has 0 amide bonds. The van der Waals surface area contributed by atoms with Crippen LogP contribution in [0, 0.1) is 0 Å². The summed E-state index contributed by atoms with van der Waals surface area (Å²) < 4.78 is 5.32. The zero-order valence-corrected chi connectivity index (χ0v) is 12.6. The molecule has 0 bridgehead atoms. The SMILES string of the molecule is CCc1nc(Nc2ccc(Cl)cc2)c2c(CC)noc2n1. The fourth-order valence-electron chi connectivity index (χ4n) is 2.11. The minimum atomic E-state index is 0.523. The third-order valence-corrected chi connectivity index (χ3v) is 3.46. The molecule has 108 valence electrons. The van der Waals surface area contributed by atoms with Crippen molar-refractivity contribution in [1.29, 1.82) is 0 Å². The molecule has 0 fully saturated rings. The molecule has 0 atom stereocenters. The molecule has 2 aromatic heterocycles. The maximum atomic E-state index is 5.91. The lowest BCUT2D eigenvalue weighted by Crippen LogP contribution is -2.01. The van der Waals surface area contributed by atoms with E-state index in [1.54, 1.807) is 0 Å². The first-order valence-electron chi connectivity index (χ1n) is 6.89. The molecule has 6 heteroatoms. The Morgan fingerprint density at radius 2 is 1.86 bits per heavy atom. The van der Waals surface area contributed by atoms with Crippen molar-refractivity contribution in [1.82, 2.24) is 15.1 Å². The zero-order valence-electron chi connectivity index (χ0n) is 11.9. The molecular formula is C15H15ClN4O. The van der Waals surface area contributed by atoms with E-state index in [0.29, 0.717) is 10.7 Å². The number of hydrogen-bond acceptors (Lipinski definition) is 5. The number of benzene rings is 1. The van der Waals surface area contributed by atoms with Gasteiger partial charge in [-0.3, -0.25) is 0 Å². The number of anilines is 2. The number of aromatic nitrogens is 3. The van der Waals surface area contributed by atoms with Crippen molar-refractivity contribution in [3.05, 3.63) is 40.8 Å². The van der Waals surface area contributed by atoms with Crippen LogP contribution in [0.25, 0.3) is 11.1 Å². The summed E-state index contributed by atoms with van der Waals surface area (Å²) in [6.45, 7) is 4.03. The highest BCUT2D eigenvalue weighted by atomic mass is 35.5. The monoisotopic (exact) mass is 302 g/mol. The molecule has 0 aliphatic rings. The standard InChI is InChI=1S/C15H15ClN4O/c1-3-11-13-14(17-10-7-5-9(16)6-8-10)18-12(4-2)19-15(13)21-20-11/h5-8H,3-4H2,1-2H3,(H,17,18,19). The lowest BCUT2D eigenvalue weighted by atomic mass is 10.2. The van der Waals surface area contributed by atoms with Crippen LogP contribution in [-0.2, 0) is 12.8 Å². The second-order valence-corrected chi connectivity index (χ2v) is 5.07. The van der Waals surface area contributed by atoms with Gasteiger partial charge >= 0.3 is 0 Å². The van der Waals surface area contributed by atoms with Crippen LogP contribution in [0.1, 0.15) is 25.4 Å². The highest BCUT2D eigenvalue weighted by Crippen LogP contribution is 2.28. The van der Waals surface area contributed by atoms with E-state index in [1.807, 2.05) is 38.1 Å². The summed E-state index contributed by atoms with van der Waals surface area (Å²) in [4.78, 5) is 8.94. The summed E-state index contributed by atoms with van der Waals surface area (Å²) in [6, 6.07) is 7.47. The first-order chi connectivity index (χ1) is 10.2. The Morgan fingerprint density at radius 3 is 2.52 bits per heavy atom. The van der Waals surface area contributed by atoms with Crippen molar-refractivity contribution in [2.24, 2.45) is 0 Å². The normalized spacial score (nSPS) is 11.0. The van der Waals surface area contributed by atoms with Crippen molar-refractivity contribution >= 4 is 34.2 Å². The number of fused-ring (bicyclic) bond motifs is 1. The average molecular weight is 303 g/mol. The first kappa shape index (κ1) is 13.8. The molecule has 5 nitrogen and oxygen atoms in total. The molecule has 0 radical (unpaired) electrons. The van der Waals surface area contributed by atoms with E-state index in [9.17, 15) is 0 Å². The quantitative estimate of drug-likeness (QED) is 0.784. The van der Waals surface area contributed by atoms with E-state index in [4.69, 9.17) is 16.1 Å². The van der Waals surface area contributed by atoms with E-state index >= 15 is 0 Å². The third kappa shape index (κ3) is 2.69. The van der Waals surface area contributed by atoms with Gasteiger partial charge in [0.1, 0.15) is 17.0 Å². The van der Waals surface area contributed by atoms with E-state index in [2.05, 4.69) is 20.4 Å². The first-order valence-corrected chi connectivity index (χ1v) is 7.26. The van der Waals surface area contributed by atoms with Gasteiger partial charge in [-0.25, -0.2) is 4.98 Å². The van der Waals surface area contributed by atoms with Gasteiger partial charge in [0.05, 0.1) is 5.69 Å². The molecule has 1 aromatic carbocycles. The van der Waals surface area contributed by atoms with Crippen LogP contribution in [-0.4, -0.2) is 15.1 Å². The molecule has 2 heterocycles. The fourth-order valence-corrected chi connectivity index (χ4v) is 2.24. The summed E-state index contributed by atoms with van der Waals surface area (Å²) in [5.74, 6) is 1.44. The molecule has 0 unspecified atom stereocenters. The lowest BCUT2D eigenvalue weighted by molar-refractivity contribution is 0.439. The predicted octanol–water partition coefficient (Wildman–Crippen LogP) is 4.14. The zero-order chi connectivity index (χ0) is 14.8. The molecule has 21 heavy (non-hydrogen) atoms. The van der Waals surface area contributed by atoms with Gasteiger partial charge in [-0.2, -0.15) is 4.98 Å². The van der Waals surface area contributed by atoms with Crippen LogP contribution in [0.15, 0.2) is 28.8 Å². The topological polar surface area (TPSA) is 63.8 Å². The largest absolute Gasteiger partial charge is 0.339 e. The van der Waals surface area contributed by atoms with Gasteiger partial charge in [-0.1, -0.05) is 30.6 Å². The summed E-state index contributed by atoms with van der Waals surface area (Å²) in [5.41, 5.74) is 2.28. The van der Waals surface area contributed by atoms with Gasteiger partial charge < -0.3 is 9.84 Å². The second kappa shape index (κ2) is 5.69. The van der Waals surface area contributed by atoms with Gasteiger partial charge in [0.2, 0.25) is 0 Å². The summed E-state index contributed by atoms with van der Waals surface area (Å²) >= 11 is 5.91. The van der Waals surface area contributed by atoms with Gasteiger partial charge in [-0.05, 0) is 30.7 Å². The Hall–Kier alpha value is -2.14. The lowest BCUT2D eigenvalue weighted by Gasteiger charge is -2.08. The molecule has 0 saturated carbocycles. The Bertz CT molecular complexity index is 767. The average Bonchev–Trinajstić information content (AvgIpc) is 2.92. The maximum Gasteiger partial charge on any atom is 0.263 e. The molecular weight excluding hydrogens is 288 g/mol. The fraction of sp³-hybridized carbons (Fsp3) is 0.267. The molecule has 0 saturated heterocycles. The second-order valence-electron chi connectivity index (χ2n) is 4.64. The Labute approximate surface area is 127 Å². The Balaban J connectivity index is 2.10. The van der Waals surface area contributed by atoms with Crippen molar-refractivity contribution in [2.75, 3.05) is 5.32 Å². The van der Waals surface area contributed by atoms with E-state index in [0.717, 1.165) is 41.3 Å². The van der Waals surface area contributed by atoms with E-state index in [-0.39, 0.29) is 0 Å². The van der Waals surface area contributed by atoms with Gasteiger partial charge in [-0.15, -0.1) is 0 Å². The smallest absolute Gasteiger partial charge is 0.263 e. The third-order valence-electron chi connectivity index (χ3n) is 3.21. The summed E-state index contributed by atoms with van der Waals surface area (Å²) in [6.07, 6.45) is 1.49. The Kier molecular flexibility index (Phi) is 3.75. The van der Waals surface area contributed by atoms with Crippen LogP contribution in [0.5, 0.6) is 0 Å². The molecule has 0 aliphatic carbocycles. The number of nitrogens with zero attached hydrogens (tertiary/aromatic N) is 3. The number of halogens is 1. The predicted molar refractivity (Wildman–Crippen MR) is 83.1 cm³/mol. The molecule has 3 aromatic rings. The van der Waals surface area contributed by atoms with E-state index in [1.165, 1.54) is 0 Å². The summed E-state index contributed by atoms with van der Waals surface area (Å²) in [7, 11) is 0. The van der Waals surface area contributed by atoms with Crippen molar-refractivity contribution in [3.8, 4) is 0 Å². The van der Waals surface area contributed by atoms with Crippen LogP contribution in [0.2, 0.25) is 5.02 Å². The van der Waals surface area contributed by atoms with Gasteiger partial charge in [0.15, 0.2) is 0 Å². The Morgan fingerprint density at radius 1 is 1.10 bits per heavy atom. The maximum absolute atomic E-state index is 5.91. The highest BCUT2D eigenvalue weighted by Gasteiger charge is 2.16.